The minimum absolute atomic E-state index is 0.158. The molecule has 3 N–H and O–H groups in total. The van der Waals surface area contributed by atoms with Crippen molar-refractivity contribution in [2.45, 2.75) is 18.9 Å². The molecule has 1 aliphatic rings. The van der Waals surface area contributed by atoms with E-state index >= 15 is 0 Å². The third-order valence-corrected chi connectivity index (χ3v) is 7.19. The first-order valence-corrected chi connectivity index (χ1v) is 13.0. The highest BCUT2D eigenvalue weighted by molar-refractivity contribution is 5.96. The van der Waals surface area contributed by atoms with Gasteiger partial charge in [0.05, 0.1) is 18.7 Å². The summed E-state index contributed by atoms with van der Waals surface area (Å²) in [6, 6.07) is 15.4. The first-order chi connectivity index (χ1) is 20.1. The summed E-state index contributed by atoms with van der Waals surface area (Å²) in [5.74, 6) is 1.63. The molecule has 0 saturated carbocycles. The van der Waals surface area contributed by atoms with Crippen LogP contribution in [0.3, 0.4) is 0 Å². The van der Waals surface area contributed by atoms with Gasteiger partial charge in [-0.3, -0.25) is 9.36 Å². The van der Waals surface area contributed by atoms with E-state index in [1.165, 1.54) is 19.6 Å². The lowest BCUT2D eigenvalue weighted by atomic mass is 10.1. The van der Waals surface area contributed by atoms with Crippen molar-refractivity contribution in [2.75, 3.05) is 12.8 Å². The second kappa shape index (κ2) is 9.83. The van der Waals surface area contributed by atoms with Gasteiger partial charge in [0.15, 0.2) is 17.3 Å². The Morgan fingerprint density at radius 3 is 2.85 bits per heavy atom. The predicted octanol–water partition coefficient (Wildman–Crippen LogP) is 3.47. The summed E-state index contributed by atoms with van der Waals surface area (Å²) in [6.45, 7) is 0. The van der Waals surface area contributed by atoms with E-state index in [9.17, 15) is 4.79 Å². The summed E-state index contributed by atoms with van der Waals surface area (Å²) in [7, 11) is 1.48. The van der Waals surface area contributed by atoms with Crippen LogP contribution in [0.5, 0.6) is 5.88 Å². The number of methoxy groups -OCH3 is 1. The highest BCUT2D eigenvalue weighted by atomic mass is 16.5. The van der Waals surface area contributed by atoms with Gasteiger partial charge < -0.3 is 15.8 Å². The lowest BCUT2D eigenvalue weighted by molar-refractivity contribution is 0.0932. The Kier molecular flexibility index (Phi) is 5.85. The molecule has 12 heteroatoms. The van der Waals surface area contributed by atoms with Crippen LogP contribution in [0.1, 0.15) is 33.9 Å². The van der Waals surface area contributed by atoms with Crippen molar-refractivity contribution < 1.29 is 9.53 Å². The Bertz CT molecular complexity index is 1910. The van der Waals surface area contributed by atoms with Crippen molar-refractivity contribution in [2.24, 2.45) is 0 Å². The van der Waals surface area contributed by atoms with E-state index in [-0.39, 0.29) is 17.8 Å². The van der Waals surface area contributed by atoms with Gasteiger partial charge in [-0.2, -0.15) is 5.10 Å². The molecule has 202 valence electrons. The van der Waals surface area contributed by atoms with E-state index in [0.717, 1.165) is 29.7 Å². The summed E-state index contributed by atoms with van der Waals surface area (Å²) in [5, 5.41) is 7.44. The molecule has 12 nitrogen and oxygen atoms in total. The number of amides is 1. The highest BCUT2D eigenvalue weighted by Gasteiger charge is 2.27. The van der Waals surface area contributed by atoms with Crippen molar-refractivity contribution in [3.05, 3.63) is 96.3 Å². The largest absolute Gasteiger partial charge is 0.480 e. The van der Waals surface area contributed by atoms with Crippen molar-refractivity contribution in [1.29, 1.82) is 0 Å². The Hall–Kier alpha value is -5.65. The van der Waals surface area contributed by atoms with Crippen molar-refractivity contribution in [3.8, 4) is 28.8 Å². The van der Waals surface area contributed by atoms with Crippen LogP contribution < -0.4 is 15.8 Å². The number of benzene rings is 1. The van der Waals surface area contributed by atoms with Crippen LogP contribution in [0.15, 0.2) is 79.6 Å². The molecule has 1 atom stereocenters. The normalized spacial score (nSPS) is 14.2. The van der Waals surface area contributed by atoms with Gasteiger partial charge in [0, 0.05) is 30.5 Å². The molecule has 0 unspecified atom stereocenters. The summed E-state index contributed by atoms with van der Waals surface area (Å²) in [5.41, 5.74) is 11.7. The molecule has 0 saturated heterocycles. The van der Waals surface area contributed by atoms with E-state index in [0.29, 0.717) is 39.8 Å². The fourth-order valence-electron chi connectivity index (χ4n) is 5.28. The van der Waals surface area contributed by atoms with Gasteiger partial charge in [0.1, 0.15) is 23.2 Å². The van der Waals surface area contributed by atoms with Gasteiger partial charge in [0.2, 0.25) is 5.88 Å². The Morgan fingerprint density at radius 2 is 2.02 bits per heavy atom. The number of aromatic nitrogens is 8. The van der Waals surface area contributed by atoms with Gasteiger partial charge in [-0.15, -0.1) is 0 Å². The van der Waals surface area contributed by atoms with Crippen LogP contribution in [-0.2, 0) is 6.42 Å². The average molecular weight is 545 g/mol. The van der Waals surface area contributed by atoms with E-state index in [2.05, 4.69) is 31.4 Å². The summed E-state index contributed by atoms with van der Waals surface area (Å²) in [4.78, 5) is 35.2. The Balaban J connectivity index is 1.30. The fourth-order valence-corrected chi connectivity index (χ4v) is 5.28. The number of carbonyl (C=O) groups excluding carboxylic acids is 1. The van der Waals surface area contributed by atoms with Gasteiger partial charge in [-0.25, -0.2) is 29.6 Å². The molecule has 1 amide bonds. The maximum atomic E-state index is 13.0. The molecule has 6 aromatic rings. The topological polar surface area (TPSA) is 152 Å². The maximum absolute atomic E-state index is 13.0. The molecule has 41 heavy (non-hydrogen) atoms. The Morgan fingerprint density at radius 1 is 1.10 bits per heavy atom. The third-order valence-electron chi connectivity index (χ3n) is 7.19. The van der Waals surface area contributed by atoms with Crippen LogP contribution >= 0.6 is 0 Å². The quantitative estimate of drug-likeness (QED) is 0.321. The van der Waals surface area contributed by atoms with E-state index in [1.807, 2.05) is 53.2 Å². The van der Waals surface area contributed by atoms with Crippen LogP contribution in [0, 0.1) is 0 Å². The molecule has 1 aliphatic carbocycles. The van der Waals surface area contributed by atoms with Crippen LogP contribution in [0.25, 0.3) is 34.1 Å². The number of carbonyl (C=O) groups is 1. The lowest BCUT2D eigenvalue weighted by Gasteiger charge is -2.16. The number of hydrogen-bond acceptors (Lipinski definition) is 9. The number of nitrogen functional groups attached to an aromatic ring is 1. The number of nitrogens with zero attached hydrogens (tertiary/aromatic N) is 8. The lowest BCUT2D eigenvalue weighted by Crippen LogP contribution is -2.27. The first kappa shape index (κ1) is 24.4. The number of nitrogens with one attached hydrogen (secondary N) is 1. The second-order valence-electron chi connectivity index (χ2n) is 9.56. The highest BCUT2D eigenvalue weighted by Crippen LogP contribution is 2.36. The number of nitrogens with two attached hydrogens (primary N) is 1. The number of hydrogen-bond donors (Lipinski definition) is 2. The van der Waals surface area contributed by atoms with E-state index in [1.54, 1.807) is 17.1 Å². The molecule has 0 radical (unpaired) electrons. The number of anilines is 1. The molecule has 0 spiro atoms. The van der Waals surface area contributed by atoms with Crippen molar-refractivity contribution >= 4 is 22.9 Å². The average Bonchev–Trinajstić information content (AvgIpc) is 3.76. The molecule has 0 bridgehead atoms. The maximum Gasteiger partial charge on any atom is 0.258 e. The monoisotopic (exact) mass is 544 g/mol. The van der Waals surface area contributed by atoms with Crippen LogP contribution in [-0.4, -0.2) is 52.3 Å². The number of rotatable bonds is 6. The number of pyridine rings is 2. The summed E-state index contributed by atoms with van der Waals surface area (Å²) in [6.07, 6.45) is 9.57. The minimum Gasteiger partial charge on any atom is -0.480 e. The van der Waals surface area contributed by atoms with Gasteiger partial charge in [0.25, 0.3) is 5.91 Å². The van der Waals surface area contributed by atoms with Crippen LogP contribution in [0.4, 0.5) is 5.82 Å². The van der Waals surface area contributed by atoms with E-state index < -0.39 is 0 Å². The van der Waals surface area contributed by atoms with Crippen LogP contribution in [0.2, 0.25) is 0 Å². The van der Waals surface area contributed by atoms with E-state index in [4.69, 9.17) is 20.4 Å². The molecule has 5 heterocycles. The molecule has 5 aromatic heterocycles. The van der Waals surface area contributed by atoms with Crippen molar-refractivity contribution in [3.63, 3.8) is 0 Å². The van der Waals surface area contributed by atoms with Gasteiger partial charge in [-0.1, -0.05) is 6.07 Å². The molecular formula is C29H24N10O2. The number of fused-ring (bicyclic) bond motifs is 2. The zero-order valence-electron chi connectivity index (χ0n) is 22.0. The number of aryl methyl sites for hydroxylation is 1. The first-order valence-electron chi connectivity index (χ1n) is 13.0. The third kappa shape index (κ3) is 4.22. The molecule has 0 aliphatic heterocycles. The van der Waals surface area contributed by atoms with Crippen molar-refractivity contribution in [1.82, 2.24) is 44.6 Å². The smallest absolute Gasteiger partial charge is 0.258 e. The second-order valence-corrected chi connectivity index (χ2v) is 9.56. The van der Waals surface area contributed by atoms with Gasteiger partial charge >= 0.3 is 0 Å². The minimum atomic E-state index is -0.283. The molecular weight excluding hydrogens is 520 g/mol. The SMILES string of the molecule is COc1ncncc1C(=O)N[C@H]1CCc2cc(-n3c(-c4cccnc4N)nc4ccc(-n5cccn5)nc43)ccc21. The summed E-state index contributed by atoms with van der Waals surface area (Å²) >= 11 is 0. The zero-order valence-corrected chi connectivity index (χ0v) is 22.0. The number of imidazole rings is 1. The summed E-state index contributed by atoms with van der Waals surface area (Å²) < 4.78 is 8.94. The molecule has 0 fully saturated rings. The molecule has 7 rings (SSSR count). The molecule has 1 aromatic carbocycles. The predicted molar refractivity (Wildman–Crippen MR) is 151 cm³/mol. The standard InChI is InChI=1S/C29H24N10O2/c1-41-29-21(15-31-16-33-29)28(40)36-22-8-5-17-14-18(6-7-19(17)22)39-26(20-4-2-11-32-25(20)30)35-23-9-10-24(37-27(23)39)38-13-3-12-34-38/h2-4,6-7,9-16,22H,5,8H2,1H3,(H2,30,32)(H,36,40)/t22-/m0/s1. The fraction of sp³-hybridized carbons (Fsp3) is 0.138. The Labute approximate surface area is 233 Å². The number of ether oxygens (including phenoxy) is 1. The zero-order chi connectivity index (χ0) is 27.9. The van der Waals surface area contributed by atoms with Gasteiger partial charge in [-0.05, 0) is 66.4 Å².